The first-order valence-corrected chi connectivity index (χ1v) is 5.97. The van der Waals surface area contributed by atoms with E-state index in [-0.39, 0.29) is 5.91 Å². The number of nitrogens with two attached hydrogens (primary N) is 1. The van der Waals surface area contributed by atoms with E-state index in [0.29, 0.717) is 18.5 Å². The summed E-state index contributed by atoms with van der Waals surface area (Å²) in [5, 5.41) is 8.73. The highest BCUT2D eigenvalue weighted by molar-refractivity contribution is 5.97. The van der Waals surface area contributed by atoms with Crippen LogP contribution in [0.1, 0.15) is 25.8 Å². The van der Waals surface area contributed by atoms with Crippen LogP contribution in [-0.2, 0) is 4.79 Å². The van der Waals surface area contributed by atoms with Crippen molar-refractivity contribution >= 4 is 11.6 Å². The van der Waals surface area contributed by atoms with Crippen molar-refractivity contribution in [3.05, 3.63) is 29.8 Å². The largest absolute Gasteiger partial charge is 0.329 e. The van der Waals surface area contributed by atoms with E-state index in [2.05, 4.69) is 6.07 Å². The van der Waals surface area contributed by atoms with Crippen molar-refractivity contribution in [3.8, 4) is 6.07 Å². The Balaban J connectivity index is 2.96. The van der Waals surface area contributed by atoms with E-state index in [1.54, 1.807) is 36.2 Å². The number of anilines is 1. The second-order valence-corrected chi connectivity index (χ2v) is 4.64. The Morgan fingerprint density at radius 2 is 2.00 bits per heavy atom. The summed E-state index contributed by atoms with van der Waals surface area (Å²) in [6, 6.07) is 8.98. The molecule has 4 nitrogen and oxygen atoms in total. The molecule has 0 aliphatic heterocycles. The Hall–Kier alpha value is -1.86. The fraction of sp³-hybridized carbons (Fsp3) is 0.429. The highest BCUT2D eigenvalue weighted by Crippen LogP contribution is 2.25. The molecule has 2 N–H and O–H groups in total. The molecule has 96 valence electrons. The van der Waals surface area contributed by atoms with Gasteiger partial charge in [0.1, 0.15) is 0 Å². The number of hydrogen-bond acceptors (Lipinski definition) is 3. The van der Waals surface area contributed by atoms with Gasteiger partial charge in [-0.25, -0.2) is 0 Å². The third-order valence-corrected chi connectivity index (χ3v) is 3.44. The molecule has 4 heteroatoms. The van der Waals surface area contributed by atoms with Gasteiger partial charge in [-0.1, -0.05) is 6.92 Å². The first kappa shape index (κ1) is 14.2. The third-order valence-electron chi connectivity index (χ3n) is 3.44. The van der Waals surface area contributed by atoms with Crippen molar-refractivity contribution in [2.45, 2.75) is 20.3 Å². The Kier molecular flexibility index (Phi) is 4.46. The number of hydrogen-bond donors (Lipinski definition) is 1. The predicted octanol–water partition coefficient (Wildman–Crippen LogP) is 1.90. The molecule has 1 rings (SSSR count). The summed E-state index contributed by atoms with van der Waals surface area (Å²) < 4.78 is 0. The molecule has 1 amide bonds. The number of amides is 1. The Bertz CT molecular complexity index is 455. The summed E-state index contributed by atoms with van der Waals surface area (Å²) in [7, 11) is 1.73. The molecule has 0 spiro atoms. The van der Waals surface area contributed by atoms with Gasteiger partial charge in [-0.15, -0.1) is 0 Å². The lowest BCUT2D eigenvalue weighted by atomic mass is 9.86. The van der Waals surface area contributed by atoms with Crippen LogP contribution in [0.2, 0.25) is 0 Å². The van der Waals surface area contributed by atoms with Gasteiger partial charge in [0.2, 0.25) is 5.91 Å². The summed E-state index contributed by atoms with van der Waals surface area (Å²) in [4.78, 5) is 14.0. The van der Waals surface area contributed by atoms with Crippen molar-refractivity contribution in [1.29, 1.82) is 5.26 Å². The van der Waals surface area contributed by atoms with Crippen molar-refractivity contribution in [3.63, 3.8) is 0 Å². The first-order chi connectivity index (χ1) is 8.48. The van der Waals surface area contributed by atoms with Gasteiger partial charge in [-0.3, -0.25) is 4.79 Å². The predicted molar refractivity (Wildman–Crippen MR) is 72.0 cm³/mol. The van der Waals surface area contributed by atoms with Crippen LogP contribution in [-0.4, -0.2) is 19.5 Å². The molecule has 0 radical (unpaired) electrons. The van der Waals surface area contributed by atoms with Gasteiger partial charge in [0.05, 0.1) is 17.0 Å². The highest BCUT2D eigenvalue weighted by atomic mass is 16.2. The minimum atomic E-state index is -0.539. The van der Waals surface area contributed by atoms with Gasteiger partial charge in [0.25, 0.3) is 0 Å². The third kappa shape index (κ3) is 2.69. The average molecular weight is 245 g/mol. The maximum atomic E-state index is 12.4. The Labute approximate surface area is 108 Å². The monoisotopic (exact) mass is 245 g/mol. The van der Waals surface area contributed by atoms with Crippen LogP contribution in [0.5, 0.6) is 0 Å². The molecule has 1 atom stereocenters. The molecule has 0 saturated heterocycles. The van der Waals surface area contributed by atoms with Crippen LogP contribution in [0.25, 0.3) is 0 Å². The fourth-order valence-corrected chi connectivity index (χ4v) is 1.66. The van der Waals surface area contributed by atoms with E-state index >= 15 is 0 Å². The minimum Gasteiger partial charge on any atom is -0.329 e. The van der Waals surface area contributed by atoms with E-state index in [9.17, 15) is 4.79 Å². The van der Waals surface area contributed by atoms with E-state index in [1.165, 1.54) is 0 Å². The van der Waals surface area contributed by atoms with Crippen LogP contribution in [0.3, 0.4) is 0 Å². The average Bonchev–Trinajstić information content (AvgIpc) is 2.44. The summed E-state index contributed by atoms with van der Waals surface area (Å²) in [6.45, 7) is 4.15. The van der Waals surface area contributed by atoms with Gasteiger partial charge < -0.3 is 10.6 Å². The van der Waals surface area contributed by atoms with Gasteiger partial charge in [-0.2, -0.15) is 5.26 Å². The summed E-state index contributed by atoms with van der Waals surface area (Å²) in [5.74, 6) is -0.00259. The minimum absolute atomic E-state index is 0.00259. The smallest absolute Gasteiger partial charge is 0.233 e. The lowest BCUT2D eigenvalue weighted by molar-refractivity contribution is -0.126. The maximum Gasteiger partial charge on any atom is 0.233 e. The van der Waals surface area contributed by atoms with Crippen LogP contribution in [0.15, 0.2) is 24.3 Å². The second-order valence-electron chi connectivity index (χ2n) is 4.64. The van der Waals surface area contributed by atoms with Crippen LogP contribution in [0, 0.1) is 16.7 Å². The molecule has 0 heterocycles. The topological polar surface area (TPSA) is 70.1 Å². The van der Waals surface area contributed by atoms with Gasteiger partial charge in [0.15, 0.2) is 0 Å². The normalized spacial score (nSPS) is 13.5. The van der Waals surface area contributed by atoms with Gasteiger partial charge in [0, 0.05) is 19.3 Å². The van der Waals surface area contributed by atoms with Crippen LogP contribution in [0.4, 0.5) is 5.69 Å². The molecular formula is C14H19N3O. The highest BCUT2D eigenvalue weighted by Gasteiger charge is 2.32. The number of benzene rings is 1. The van der Waals surface area contributed by atoms with Gasteiger partial charge in [-0.05, 0) is 37.6 Å². The number of rotatable bonds is 4. The zero-order chi connectivity index (χ0) is 13.8. The molecule has 1 aromatic carbocycles. The summed E-state index contributed by atoms with van der Waals surface area (Å²) in [6.07, 6.45) is 0.697. The van der Waals surface area contributed by atoms with Crippen molar-refractivity contribution in [2.75, 3.05) is 18.5 Å². The first-order valence-electron chi connectivity index (χ1n) is 5.97. The Morgan fingerprint density at radius 3 is 2.39 bits per heavy atom. The van der Waals surface area contributed by atoms with E-state index in [0.717, 1.165) is 5.69 Å². The van der Waals surface area contributed by atoms with Crippen molar-refractivity contribution in [1.82, 2.24) is 0 Å². The summed E-state index contributed by atoms with van der Waals surface area (Å²) in [5.41, 5.74) is 6.50. The molecular weight excluding hydrogens is 226 g/mol. The lowest BCUT2D eigenvalue weighted by Crippen LogP contribution is -2.44. The SMILES string of the molecule is CCC(C)(CN)C(=O)N(C)c1ccc(C#N)cc1. The van der Waals surface area contributed by atoms with Crippen LogP contribution < -0.4 is 10.6 Å². The van der Waals surface area contributed by atoms with E-state index in [1.807, 2.05) is 13.8 Å². The van der Waals surface area contributed by atoms with Crippen molar-refractivity contribution in [2.24, 2.45) is 11.1 Å². The van der Waals surface area contributed by atoms with Crippen molar-refractivity contribution < 1.29 is 4.79 Å². The molecule has 18 heavy (non-hydrogen) atoms. The quantitative estimate of drug-likeness (QED) is 0.880. The number of carbonyl (C=O) groups is 1. The number of nitriles is 1. The maximum absolute atomic E-state index is 12.4. The molecule has 1 aromatic rings. The van der Waals surface area contributed by atoms with E-state index < -0.39 is 5.41 Å². The van der Waals surface area contributed by atoms with Crippen LogP contribution >= 0.6 is 0 Å². The number of carbonyl (C=O) groups excluding carboxylic acids is 1. The molecule has 0 bridgehead atoms. The van der Waals surface area contributed by atoms with Gasteiger partial charge >= 0.3 is 0 Å². The number of nitrogens with zero attached hydrogens (tertiary/aromatic N) is 2. The lowest BCUT2D eigenvalue weighted by Gasteiger charge is -2.30. The molecule has 0 aliphatic rings. The Morgan fingerprint density at radius 1 is 1.44 bits per heavy atom. The standard InChI is InChI=1S/C14H19N3O/c1-4-14(2,10-16)13(18)17(3)12-7-5-11(9-15)6-8-12/h5-8H,4,10,16H2,1-3H3. The zero-order valence-corrected chi connectivity index (χ0v) is 11.1. The molecule has 0 aromatic heterocycles. The zero-order valence-electron chi connectivity index (χ0n) is 11.1. The molecule has 0 fully saturated rings. The molecule has 1 unspecified atom stereocenters. The van der Waals surface area contributed by atoms with E-state index in [4.69, 9.17) is 11.0 Å². The fourth-order valence-electron chi connectivity index (χ4n) is 1.66. The molecule has 0 aliphatic carbocycles. The molecule has 0 saturated carbocycles. The second kappa shape index (κ2) is 5.65. The summed E-state index contributed by atoms with van der Waals surface area (Å²) >= 11 is 0.